The van der Waals surface area contributed by atoms with Gasteiger partial charge in [0, 0.05) is 0 Å². The van der Waals surface area contributed by atoms with Gasteiger partial charge in [0.2, 0.25) is 0 Å². The van der Waals surface area contributed by atoms with Crippen LogP contribution in [0.5, 0.6) is 0 Å². The van der Waals surface area contributed by atoms with E-state index in [0.29, 0.717) is 10.7 Å². The van der Waals surface area contributed by atoms with Gasteiger partial charge in [-0.1, -0.05) is 47.5 Å². The zero-order valence-corrected chi connectivity index (χ0v) is 14.9. The summed E-state index contributed by atoms with van der Waals surface area (Å²) in [6.45, 7) is 3.60. The molecule has 0 aliphatic rings. The maximum Gasteiger partial charge on any atom is 0.310 e. The minimum absolute atomic E-state index is 0.117. The van der Waals surface area contributed by atoms with Crippen LogP contribution < -0.4 is 5.32 Å². The van der Waals surface area contributed by atoms with E-state index in [0.717, 1.165) is 16.7 Å². The van der Waals surface area contributed by atoms with E-state index in [1.165, 1.54) is 0 Å². The smallest absolute Gasteiger partial charge is 0.310 e. The molecule has 0 saturated carbocycles. The van der Waals surface area contributed by atoms with Crippen LogP contribution in [0.1, 0.15) is 16.7 Å². The fraction of sp³-hybridized carbons (Fsp3) is 0.222. The first-order valence-electron chi connectivity index (χ1n) is 7.32. The molecule has 2 rings (SSSR count). The normalized spacial score (nSPS) is 10.3. The molecule has 0 spiro atoms. The summed E-state index contributed by atoms with van der Waals surface area (Å²) in [6.07, 6.45) is 0.117. The molecule has 0 atom stereocenters. The van der Waals surface area contributed by atoms with Crippen molar-refractivity contribution >= 4 is 40.8 Å². The quantitative estimate of drug-likeness (QED) is 0.802. The summed E-state index contributed by atoms with van der Waals surface area (Å²) in [5.74, 6) is -0.946. The Bertz CT molecular complexity index is 775. The molecule has 1 amide bonds. The van der Waals surface area contributed by atoms with E-state index >= 15 is 0 Å². The molecular weight excluding hydrogens is 349 g/mol. The van der Waals surface area contributed by atoms with Crippen molar-refractivity contribution < 1.29 is 14.3 Å². The third-order valence-corrected chi connectivity index (χ3v) is 4.33. The van der Waals surface area contributed by atoms with Crippen LogP contribution in [-0.2, 0) is 20.7 Å². The third kappa shape index (κ3) is 4.98. The van der Waals surface area contributed by atoms with Crippen molar-refractivity contribution in [2.24, 2.45) is 0 Å². The second-order valence-corrected chi connectivity index (χ2v) is 6.19. The van der Waals surface area contributed by atoms with Gasteiger partial charge in [-0.05, 0) is 42.7 Å². The van der Waals surface area contributed by atoms with Crippen molar-refractivity contribution in [3.05, 3.63) is 63.1 Å². The van der Waals surface area contributed by atoms with Crippen LogP contribution in [0.15, 0.2) is 36.4 Å². The number of hydrogen-bond acceptors (Lipinski definition) is 3. The van der Waals surface area contributed by atoms with Gasteiger partial charge in [-0.25, -0.2) is 0 Å². The Balaban J connectivity index is 1.86. The molecule has 0 aromatic heterocycles. The van der Waals surface area contributed by atoms with Crippen LogP contribution in [0.3, 0.4) is 0 Å². The van der Waals surface area contributed by atoms with Crippen LogP contribution in [0.4, 0.5) is 5.69 Å². The highest BCUT2D eigenvalue weighted by molar-refractivity contribution is 6.44. The lowest BCUT2D eigenvalue weighted by atomic mass is 10.0. The van der Waals surface area contributed by atoms with Crippen molar-refractivity contribution in [1.82, 2.24) is 0 Å². The molecule has 24 heavy (non-hydrogen) atoms. The molecule has 0 unspecified atom stereocenters. The van der Waals surface area contributed by atoms with Gasteiger partial charge in [0.15, 0.2) is 6.61 Å². The number of ether oxygens (including phenoxy) is 1. The molecule has 0 aliphatic carbocycles. The highest BCUT2D eigenvalue weighted by Gasteiger charge is 2.11. The fourth-order valence-corrected chi connectivity index (χ4v) is 2.41. The lowest BCUT2D eigenvalue weighted by Crippen LogP contribution is -2.21. The average molecular weight is 366 g/mol. The predicted molar refractivity (Wildman–Crippen MR) is 95.7 cm³/mol. The lowest BCUT2D eigenvalue weighted by molar-refractivity contribution is -0.146. The fourth-order valence-electron chi connectivity index (χ4n) is 2.06. The number of rotatable bonds is 5. The first-order chi connectivity index (χ1) is 11.4. The number of esters is 1. The molecule has 0 saturated heterocycles. The number of carbonyl (C=O) groups is 2. The Morgan fingerprint density at radius 1 is 1.08 bits per heavy atom. The van der Waals surface area contributed by atoms with Crippen LogP contribution in [0.2, 0.25) is 10.0 Å². The first-order valence-corrected chi connectivity index (χ1v) is 8.08. The molecule has 6 heteroatoms. The molecule has 0 radical (unpaired) electrons. The van der Waals surface area contributed by atoms with E-state index in [9.17, 15) is 9.59 Å². The van der Waals surface area contributed by atoms with Gasteiger partial charge >= 0.3 is 5.97 Å². The average Bonchev–Trinajstić information content (AvgIpc) is 2.53. The van der Waals surface area contributed by atoms with Crippen molar-refractivity contribution in [3.8, 4) is 0 Å². The van der Waals surface area contributed by atoms with Crippen LogP contribution in [-0.4, -0.2) is 18.5 Å². The number of amides is 1. The summed E-state index contributed by atoms with van der Waals surface area (Å²) in [4.78, 5) is 23.7. The maximum atomic E-state index is 11.8. The van der Waals surface area contributed by atoms with E-state index in [-0.39, 0.29) is 18.1 Å². The second-order valence-electron chi connectivity index (χ2n) is 5.41. The van der Waals surface area contributed by atoms with Crippen molar-refractivity contribution in [2.75, 3.05) is 11.9 Å². The van der Waals surface area contributed by atoms with Crippen molar-refractivity contribution in [1.29, 1.82) is 0 Å². The topological polar surface area (TPSA) is 55.4 Å². The zero-order chi connectivity index (χ0) is 17.7. The number of aryl methyl sites for hydroxylation is 2. The first kappa shape index (κ1) is 18.3. The molecule has 0 heterocycles. The Hall–Kier alpha value is -2.04. The van der Waals surface area contributed by atoms with E-state index in [1.54, 1.807) is 18.2 Å². The van der Waals surface area contributed by atoms with Crippen LogP contribution in [0, 0.1) is 13.8 Å². The van der Waals surface area contributed by atoms with Gasteiger partial charge in [-0.15, -0.1) is 0 Å². The highest BCUT2D eigenvalue weighted by Crippen LogP contribution is 2.29. The summed E-state index contributed by atoms with van der Waals surface area (Å²) < 4.78 is 4.99. The van der Waals surface area contributed by atoms with Gasteiger partial charge in [-0.3, -0.25) is 9.59 Å². The molecular formula is C18H17Cl2NO3. The lowest BCUT2D eigenvalue weighted by Gasteiger charge is -2.09. The summed E-state index contributed by atoms with van der Waals surface area (Å²) in [7, 11) is 0. The Morgan fingerprint density at radius 2 is 1.83 bits per heavy atom. The molecule has 2 aromatic rings. The number of nitrogens with one attached hydrogen (secondary N) is 1. The molecule has 1 N–H and O–H groups in total. The van der Waals surface area contributed by atoms with Gasteiger partial charge in [0.1, 0.15) is 0 Å². The zero-order valence-electron chi connectivity index (χ0n) is 13.4. The Morgan fingerprint density at radius 3 is 2.54 bits per heavy atom. The third-order valence-electron chi connectivity index (χ3n) is 3.51. The predicted octanol–water partition coefficient (Wildman–Crippen LogP) is 4.33. The minimum Gasteiger partial charge on any atom is -0.455 e. The monoisotopic (exact) mass is 365 g/mol. The minimum atomic E-state index is -0.479. The summed E-state index contributed by atoms with van der Waals surface area (Å²) >= 11 is 11.9. The van der Waals surface area contributed by atoms with Crippen LogP contribution >= 0.6 is 23.2 Å². The SMILES string of the molecule is Cc1ccc(CC(=O)OCC(=O)Nc2cccc(Cl)c2Cl)cc1C. The van der Waals surface area contributed by atoms with E-state index < -0.39 is 11.9 Å². The number of anilines is 1. The van der Waals surface area contributed by atoms with Gasteiger partial charge < -0.3 is 10.1 Å². The number of carbonyl (C=O) groups excluding carboxylic acids is 2. The largest absolute Gasteiger partial charge is 0.455 e. The van der Waals surface area contributed by atoms with Crippen molar-refractivity contribution in [3.63, 3.8) is 0 Å². The Kier molecular flexibility index (Phi) is 6.23. The number of halogens is 2. The molecule has 0 aliphatic heterocycles. The highest BCUT2D eigenvalue weighted by atomic mass is 35.5. The van der Waals surface area contributed by atoms with E-state index in [1.807, 2.05) is 32.0 Å². The summed E-state index contributed by atoms with van der Waals surface area (Å²) in [6, 6.07) is 10.6. The summed E-state index contributed by atoms with van der Waals surface area (Å²) in [5.41, 5.74) is 3.49. The summed E-state index contributed by atoms with van der Waals surface area (Å²) in [5, 5.41) is 3.13. The standard InChI is InChI=1S/C18H17Cl2NO3/c1-11-6-7-13(8-12(11)2)9-17(23)24-10-16(22)21-15-5-3-4-14(19)18(15)20/h3-8H,9-10H2,1-2H3,(H,21,22). The Labute approximate surface area is 150 Å². The molecule has 2 aromatic carbocycles. The molecule has 0 fully saturated rings. The molecule has 0 bridgehead atoms. The van der Waals surface area contributed by atoms with Crippen molar-refractivity contribution in [2.45, 2.75) is 20.3 Å². The van der Waals surface area contributed by atoms with Gasteiger partial charge in [0.25, 0.3) is 5.91 Å². The maximum absolute atomic E-state index is 11.8. The molecule has 4 nitrogen and oxygen atoms in total. The second kappa shape index (κ2) is 8.18. The van der Waals surface area contributed by atoms with E-state index in [4.69, 9.17) is 27.9 Å². The van der Waals surface area contributed by atoms with E-state index in [2.05, 4.69) is 5.32 Å². The van der Waals surface area contributed by atoms with Gasteiger partial charge in [0.05, 0.1) is 22.2 Å². The molecule has 126 valence electrons. The van der Waals surface area contributed by atoms with Crippen LogP contribution in [0.25, 0.3) is 0 Å². The number of benzene rings is 2. The number of hydrogen-bond donors (Lipinski definition) is 1. The van der Waals surface area contributed by atoms with Gasteiger partial charge in [-0.2, -0.15) is 0 Å².